The smallest absolute Gasteiger partial charge is 0.240 e. The van der Waals surface area contributed by atoms with E-state index in [1.807, 2.05) is 17.0 Å². The van der Waals surface area contributed by atoms with Crippen LogP contribution in [0.4, 0.5) is 0 Å². The number of hydrogen-bond acceptors (Lipinski definition) is 3. The number of ether oxygens (including phenoxy) is 1. The lowest BCUT2D eigenvalue weighted by Crippen LogP contribution is -2.40. The highest BCUT2D eigenvalue weighted by molar-refractivity contribution is 5.76. The summed E-state index contributed by atoms with van der Waals surface area (Å²) in [5, 5.41) is 6.44. The van der Waals surface area contributed by atoms with Crippen molar-refractivity contribution in [2.75, 3.05) is 19.8 Å². The van der Waals surface area contributed by atoms with Crippen LogP contribution in [0.25, 0.3) is 0 Å². The SMILES string of the molecule is CCNC(C)c1ccn(CC(=O)NC2CCOCC2)c1. The van der Waals surface area contributed by atoms with Gasteiger partial charge in [-0.25, -0.2) is 0 Å². The molecule has 5 heteroatoms. The quantitative estimate of drug-likeness (QED) is 0.829. The summed E-state index contributed by atoms with van der Waals surface area (Å²) in [6, 6.07) is 2.65. The van der Waals surface area contributed by atoms with Gasteiger partial charge >= 0.3 is 0 Å². The summed E-state index contributed by atoms with van der Waals surface area (Å²) in [6.07, 6.45) is 5.84. The zero-order valence-electron chi connectivity index (χ0n) is 12.4. The monoisotopic (exact) mass is 279 g/mol. The third kappa shape index (κ3) is 4.35. The Hall–Kier alpha value is -1.33. The summed E-state index contributed by atoms with van der Waals surface area (Å²) >= 11 is 0. The van der Waals surface area contributed by atoms with Gasteiger partial charge < -0.3 is 19.9 Å². The predicted molar refractivity (Wildman–Crippen MR) is 78.5 cm³/mol. The molecule has 0 bridgehead atoms. The molecule has 0 saturated carbocycles. The van der Waals surface area contributed by atoms with E-state index in [1.165, 1.54) is 5.56 Å². The van der Waals surface area contributed by atoms with Crippen molar-refractivity contribution < 1.29 is 9.53 Å². The molecule has 1 atom stereocenters. The molecule has 1 unspecified atom stereocenters. The van der Waals surface area contributed by atoms with Crippen LogP contribution in [-0.4, -0.2) is 36.3 Å². The third-order valence-electron chi connectivity index (χ3n) is 3.70. The molecule has 1 aromatic heterocycles. The molecule has 1 saturated heterocycles. The zero-order chi connectivity index (χ0) is 14.4. The molecule has 0 aliphatic carbocycles. The van der Waals surface area contributed by atoms with Gasteiger partial charge in [0.05, 0.1) is 0 Å². The summed E-state index contributed by atoms with van der Waals surface area (Å²) in [4.78, 5) is 12.0. The van der Waals surface area contributed by atoms with Crippen LogP contribution in [0.3, 0.4) is 0 Å². The van der Waals surface area contributed by atoms with Crippen molar-refractivity contribution in [3.8, 4) is 0 Å². The average Bonchev–Trinajstić information content (AvgIpc) is 2.88. The number of aromatic nitrogens is 1. The molecule has 0 aromatic carbocycles. The second kappa shape index (κ2) is 7.45. The van der Waals surface area contributed by atoms with E-state index in [9.17, 15) is 4.79 Å². The lowest BCUT2D eigenvalue weighted by Gasteiger charge is -2.23. The van der Waals surface area contributed by atoms with Crippen LogP contribution >= 0.6 is 0 Å². The van der Waals surface area contributed by atoms with Crippen molar-refractivity contribution in [3.63, 3.8) is 0 Å². The Balaban J connectivity index is 1.81. The maximum atomic E-state index is 12.0. The van der Waals surface area contributed by atoms with Crippen molar-refractivity contribution >= 4 is 5.91 Å². The molecule has 1 amide bonds. The molecule has 1 aliphatic rings. The van der Waals surface area contributed by atoms with E-state index in [1.54, 1.807) is 0 Å². The lowest BCUT2D eigenvalue weighted by atomic mass is 10.1. The van der Waals surface area contributed by atoms with Crippen LogP contribution in [0.15, 0.2) is 18.5 Å². The summed E-state index contributed by atoms with van der Waals surface area (Å²) in [7, 11) is 0. The Morgan fingerprint density at radius 3 is 2.95 bits per heavy atom. The number of carbonyl (C=O) groups excluding carboxylic acids is 1. The summed E-state index contributed by atoms with van der Waals surface area (Å²) < 4.78 is 7.23. The van der Waals surface area contributed by atoms with E-state index in [2.05, 4.69) is 30.5 Å². The number of rotatable bonds is 6. The Bertz CT molecular complexity index is 425. The Labute approximate surface area is 120 Å². The van der Waals surface area contributed by atoms with Crippen molar-refractivity contribution in [2.45, 2.75) is 45.3 Å². The van der Waals surface area contributed by atoms with Gasteiger partial charge in [0.2, 0.25) is 5.91 Å². The molecule has 1 aromatic rings. The number of nitrogens with zero attached hydrogens (tertiary/aromatic N) is 1. The lowest BCUT2D eigenvalue weighted by molar-refractivity contribution is -0.122. The molecule has 1 fully saturated rings. The standard InChI is InChI=1S/C15H25N3O2/c1-3-16-12(2)13-4-7-18(10-13)11-15(19)17-14-5-8-20-9-6-14/h4,7,10,12,14,16H,3,5-6,8-9,11H2,1-2H3,(H,17,19). The van der Waals surface area contributed by atoms with Crippen LogP contribution in [-0.2, 0) is 16.1 Å². The first-order chi connectivity index (χ1) is 9.69. The first-order valence-electron chi connectivity index (χ1n) is 7.45. The Kier molecular flexibility index (Phi) is 5.61. The molecule has 2 rings (SSSR count). The Morgan fingerprint density at radius 2 is 2.25 bits per heavy atom. The molecule has 2 heterocycles. The molecule has 5 nitrogen and oxygen atoms in total. The van der Waals surface area contributed by atoms with Gasteiger partial charge in [-0.05, 0) is 37.9 Å². The van der Waals surface area contributed by atoms with Gasteiger partial charge in [-0.3, -0.25) is 4.79 Å². The maximum absolute atomic E-state index is 12.0. The van der Waals surface area contributed by atoms with Gasteiger partial charge in [0.1, 0.15) is 6.54 Å². The fourth-order valence-corrected chi connectivity index (χ4v) is 2.52. The summed E-state index contributed by atoms with van der Waals surface area (Å²) in [5.41, 5.74) is 1.21. The van der Waals surface area contributed by atoms with E-state index in [4.69, 9.17) is 4.74 Å². The van der Waals surface area contributed by atoms with Crippen molar-refractivity contribution in [1.82, 2.24) is 15.2 Å². The first-order valence-corrected chi connectivity index (χ1v) is 7.45. The normalized spacial score (nSPS) is 17.9. The number of hydrogen-bond donors (Lipinski definition) is 2. The molecular weight excluding hydrogens is 254 g/mol. The molecular formula is C15H25N3O2. The fraction of sp³-hybridized carbons (Fsp3) is 0.667. The van der Waals surface area contributed by atoms with Gasteiger partial charge in [-0.15, -0.1) is 0 Å². The van der Waals surface area contributed by atoms with E-state index >= 15 is 0 Å². The molecule has 1 aliphatic heterocycles. The highest BCUT2D eigenvalue weighted by Gasteiger charge is 2.16. The van der Waals surface area contributed by atoms with Crippen LogP contribution in [0.5, 0.6) is 0 Å². The molecule has 0 spiro atoms. The van der Waals surface area contributed by atoms with Crippen molar-refractivity contribution in [3.05, 3.63) is 24.0 Å². The second-order valence-electron chi connectivity index (χ2n) is 5.35. The van der Waals surface area contributed by atoms with Gasteiger partial charge in [0, 0.05) is 37.7 Å². The van der Waals surface area contributed by atoms with E-state index in [-0.39, 0.29) is 11.9 Å². The summed E-state index contributed by atoms with van der Waals surface area (Å²) in [5.74, 6) is 0.0788. The highest BCUT2D eigenvalue weighted by Crippen LogP contribution is 2.12. The van der Waals surface area contributed by atoms with Crippen molar-refractivity contribution in [2.24, 2.45) is 0 Å². The summed E-state index contributed by atoms with van der Waals surface area (Å²) in [6.45, 7) is 7.05. The highest BCUT2D eigenvalue weighted by atomic mass is 16.5. The van der Waals surface area contributed by atoms with Crippen LogP contribution in [0.2, 0.25) is 0 Å². The van der Waals surface area contributed by atoms with Gasteiger partial charge in [-0.1, -0.05) is 6.92 Å². The van der Waals surface area contributed by atoms with Crippen LogP contribution < -0.4 is 10.6 Å². The van der Waals surface area contributed by atoms with E-state index in [0.717, 1.165) is 32.6 Å². The molecule has 20 heavy (non-hydrogen) atoms. The Morgan fingerprint density at radius 1 is 1.50 bits per heavy atom. The molecule has 112 valence electrons. The minimum Gasteiger partial charge on any atom is -0.381 e. The average molecular weight is 279 g/mol. The van der Waals surface area contributed by atoms with Crippen LogP contribution in [0.1, 0.15) is 38.3 Å². The topological polar surface area (TPSA) is 55.3 Å². The van der Waals surface area contributed by atoms with Gasteiger partial charge in [0.15, 0.2) is 0 Å². The largest absolute Gasteiger partial charge is 0.381 e. The first kappa shape index (κ1) is 15.1. The fourth-order valence-electron chi connectivity index (χ4n) is 2.52. The predicted octanol–water partition coefficient (Wildman–Crippen LogP) is 1.45. The number of nitrogens with one attached hydrogen (secondary N) is 2. The minimum absolute atomic E-state index is 0.0788. The third-order valence-corrected chi connectivity index (χ3v) is 3.70. The van der Waals surface area contributed by atoms with Crippen LogP contribution in [0, 0.1) is 0 Å². The molecule has 0 radical (unpaired) electrons. The number of amides is 1. The van der Waals surface area contributed by atoms with E-state index in [0.29, 0.717) is 12.6 Å². The number of carbonyl (C=O) groups is 1. The van der Waals surface area contributed by atoms with E-state index < -0.39 is 0 Å². The van der Waals surface area contributed by atoms with Crippen molar-refractivity contribution in [1.29, 1.82) is 0 Å². The van der Waals surface area contributed by atoms with Gasteiger partial charge in [0.25, 0.3) is 0 Å². The zero-order valence-corrected chi connectivity index (χ0v) is 12.4. The molecule has 2 N–H and O–H groups in total. The second-order valence-corrected chi connectivity index (χ2v) is 5.35. The minimum atomic E-state index is 0.0788. The van der Waals surface area contributed by atoms with Gasteiger partial charge in [-0.2, -0.15) is 0 Å². The maximum Gasteiger partial charge on any atom is 0.240 e.